The van der Waals surface area contributed by atoms with Gasteiger partial charge in [0.05, 0.1) is 12.3 Å². The van der Waals surface area contributed by atoms with E-state index in [0.29, 0.717) is 28.8 Å². The Kier molecular flexibility index (Phi) is 5.49. The number of hydrogen-bond acceptors (Lipinski definition) is 7. The third-order valence-corrected chi connectivity index (χ3v) is 5.08. The molecule has 0 unspecified atom stereocenters. The van der Waals surface area contributed by atoms with Gasteiger partial charge in [-0.1, -0.05) is 17.7 Å². The van der Waals surface area contributed by atoms with Crippen molar-refractivity contribution in [2.24, 2.45) is 7.05 Å². The minimum absolute atomic E-state index is 0.168. The number of anilines is 1. The van der Waals surface area contributed by atoms with Crippen molar-refractivity contribution in [3.63, 3.8) is 0 Å². The van der Waals surface area contributed by atoms with Crippen LogP contribution < -0.4 is 15.8 Å². The largest absolute Gasteiger partial charge is 0.481 e. The molecule has 3 rings (SSSR count). The quantitative estimate of drug-likeness (QED) is 0.418. The van der Waals surface area contributed by atoms with Gasteiger partial charge < -0.3 is 15.3 Å². The molecule has 0 radical (unpaired) electrons. The minimum atomic E-state index is -0.963. The summed E-state index contributed by atoms with van der Waals surface area (Å²) in [5.41, 5.74) is 0.463. The summed E-state index contributed by atoms with van der Waals surface area (Å²) >= 11 is 1.00. The highest BCUT2D eigenvalue weighted by molar-refractivity contribution is 7.99. The number of carboxylic acid groups (broad SMARTS) is 1. The molecule has 0 saturated carbocycles. The lowest BCUT2D eigenvalue weighted by molar-refractivity contribution is -0.133. The zero-order valence-corrected chi connectivity index (χ0v) is 15.5. The van der Waals surface area contributed by atoms with E-state index in [0.717, 1.165) is 37.9 Å². The first-order valence-electron chi connectivity index (χ1n) is 8.20. The van der Waals surface area contributed by atoms with E-state index < -0.39 is 5.97 Å². The molecule has 0 spiro atoms. The van der Waals surface area contributed by atoms with Crippen LogP contribution >= 0.6 is 11.8 Å². The molecule has 2 N–H and O–H groups in total. The number of nitrogens with one attached hydrogen (secondary N) is 1. The lowest BCUT2D eigenvalue weighted by atomic mass is 10.4. The number of aromatic nitrogens is 4. The van der Waals surface area contributed by atoms with Gasteiger partial charge in [-0.25, -0.2) is 4.98 Å². The fourth-order valence-electron chi connectivity index (χ4n) is 2.80. The molecule has 1 aliphatic heterocycles. The van der Waals surface area contributed by atoms with Gasteiger partial charge in [-0.15, -0.1) is 5.92 Å². The molecule has 2 aromatic heterocycles. The molecule has 2 aromatic rings. The number of aliphatic carboxylic acids is 1. The van der Waals surface area contributed by atoms with Crippen LogP contribution in [-0.2, 0) is 18.4 Å². The molecule has 1 saturated heterocycles. The van der Waals surface area contributed by atoms with Crippen LogP contribution in [0.2, 0.25) is 0 Å². The number of imidazole rings is 1. The molecular formula is C16H20N6O3S. The second-order valence-corrected chi connectivity index (χ2v) is 6.72. The predicted molar refractivity (Wildman–Crippen MR) is 99.7 cm³/mol. The SMILES string of the molecule is CC#CCn1c(N2CCNCC2)nc2nc(SCC(=O)O)n(C)c(=O)c21. The molecular weight excluding hydrogens is 356 g/mol. The van der Waals surface area contributed by atoms with E-state index in [1.165, 1.54) is 4.57 Å². The zero-order valence-electron chi connectivity index (χ0n) is 14.7. The van der Waals surface area contributed by atoms with Crippen molar-refractivity contribution in [3.8, 4) is 11.8 Å². The standard InChI is InChI=1S/C16H20N6O3S/c1-3-4-7-22-12-13(18-15(22)21-8-5-17-6-9-21)19-16(20(2)14(12)25)26-10-11(23)24/h17H,5-10H2,1-2H3,(H,23,24). The predicted octanol–water partition coefficient (Wildman–Crippen LogP) is -0.260. The molecule has 9 nitrogen and oxygen atoms in total. The molecule has 1 aliphatic rings. The molecule has 10 heteroatoms. The summed E-state index contributed by atoms with van der Waals surface area (Å²) in [4.78, 5) is 34.9. The second-order valence-electron chi connectivity index (χ2n) is 5.77. The van der Waals surface area contributed by atoms with Crippen LogP contribution in [0.25, 0.3) is 11.2 Å². The van der Waals surface area contributed by atoms with Crippen LogP contribution in [-0.4, -0.2) is 62.1 Å². The third-order valence-electron chi connectivity index (χ3n) is 4.06. The van der Waals surface area contributed by atoms with Gasteiger partial charge in [0.1, 0.15) is 0 Å². The summed E-state index contributed by atoms with van der Waals surface area (Å²) in [6.45, 7) is 5.35. The van der Waals surface area contributed by atoms with Gasteiger partial charge in [0.2, 0.25) is 5.95 Å². The van der Waals surface area contributed by atoms with Crippen molar-refractivity contribution in [3.05, 3.63) is 10.4 Å². The summed E-state index contributed by atoms with van der Waals surface area (Å²) in [6, 6.07) is 0. The van der Waals surface area contributed by atoms with Crippen molar-refractivity contribution >= 4 is 34.8 Å². The van der Waals surface area contributed by atoms with Crippen LogP contribution in [0.5, 0.6) is 0 Å². The summed E-state index contributed by atoms with van der Waals surface area (Å²) in [5, 5.41) is 12.5. The molecule has 26 heavy (non-hydrogen) atoms. The first-order chi connectivity index (χ1) is 12.5. The van der Waals surface area contributed by atoms with Gasteiger partial charge in [-0.2, -0.15) is 4.98 Å². The molecule has 138 valence electrons. The lowest BCUT2D eigenvalue weighted by Crippen LogP contribution is -2.44. The molecule has 0 amide bonds. The van der Waals surface area contributed by atoms with Gasteiger partial charge in [0.15, 0.2) is 16.3 Å². The van der Waals surface area contributed by atoms with Crippen LogP contribution in [0, 0.1) is 11.8 Å². The number of thioether (sulfide) groups is 1. The Balaban J connectivity index is 2.14. The highest BCUT2D eigenvalue weighted by Crippen LogP contribution is 2.22. The van der Waals surface area contributed by atoms with E-state index in [1.54, 1.807) is 18.5 Å². The maximum absolute atomic E-state index is 12.9. The highest BCUT2D eigenvalue weighted by Gasteiger charge is 2.23. The van der Waals surface area contributed by atoms with E-state index in [-0.39, 0.29) is 11.3 Å². The monoisotopic (exact) mass is 376 g/mol. The van der Waals surface area contributed by atoms with E-state index in [2.05, 4.69) is 32.0 Å². The van der Waals surface area contributed by atoms with E-state index >= 15 is 0 Å². The van der Waals surface area contributed by atoms with Crippen LogP contribution in [0.1, 0.15) is 6.92 Å². The Labute approximate surface area is 154 Å². The number of nitrogens with zero attached hydrogens (tertiary/aromatic N) is 5. The number of rotatable bonds is 5. The summed E-state index contributed by atoms with van der Waals surface area (Å²) in [7, 11) is 1.59. The van der Waals surface area contributed by atoms with Crippen molar-refractivity contribution in [1.29, 1.82) is 0 Å². The number of carboxylic acids is 1. The molecule has 0 aliphatic carbocycles. The minimum Gasteiger partial charge on any atom is -0.481 e. The maximum atomic E-state index is 12.9. The fourth-order valence-corrected chi connectivity index (χ4v) is 3.48. The average molecular weight is 376 g/mol. The lowest BCUT2D eigenvalue weighted by Gasteiger charge is -2.28. The maximum Gasteiger partial charge on any atom is 0.313 e. The Morgan fingerprint density at radius 2 is 2.08 bits per heavy atom. The first kappa shape index (κ1) is 18.3. The van der Waals surface area contributed by atoms with E-state index in [9.17, 15) is 9.59 Å². The fraction of sp³-hybridized carbons (Fsp3) is 0.500. The first-order valence-corrected chi connectivity index (χ1v) is 9.18. The van der Waals surface area contributed by atoms with Crippen LogP contribution in [0.15, 0.2) is 9.95 Å². The van der Waals surface area contributed by atoms with Gasteiger partial charge in [-0.3, -0.25) is 18.7 Å². The number of fused-ring (bicyclic) bond motifs is 1. The van der Waals surface area contributed by atoms with E-state index in [4.69, 9.17) is 5.11 Å². The Morgan fingerprint density at radius 1 is 1.35 bits per heavy atom. The van der Waals surface area contributed by atoms with Gasteiger partial charge in [0.25, 0.3) is 5.56 Å². The number of carbonyl (C=O) groups is 1. The van der Waals surface area contributed by atoms with Crippen LogP contribution in [0.4, 0.5) is 5.95 Å². The second kappa shape index (κ2) is 7.80. The van der Waals surface area contributed by atoms with Gasteiger partial charge in [0, 0.05) is 33.2 Å². The Morgan fingerprint density at radius 3 is 2.73 bits per heavy atom. The Hall–Kier alpha value is -2.51. The smallest absolute Gasteiger partial charge is 0.313 e. The molecule has 0 aromatic carbocycles. The van der Waals surface area contributed by atoms with Crippen molar-refractivity contribution in [2.45, 2.75) is 18.6 Å². The average Bonchev–Trinajstić information content (AvgIpc) is 3.00. The van der Waals surface area contributed by atoms with Crippen LogP contribution in [0.3, 0.4) is 0 Å². The van der Waals surface area contributed by atoms with Gasteiger partial charge in [-0.05, 0) is 6.92 Å². The normalized spacial score (nSPS) is 14.3. The number of hydrogen-bond donors (Lipinski definition) is 2. The molecule has 1 fully saturated rings. The summed E-state index contributed by atoms with van der Waals surface area (Å²) < 4.78 is 3.17. The molecule has 0 bridgehead atoms. The highest BCUT2D eigenvalue weighted by atomic mass is 32.2. The van der Waals surface area contributed by atoms with Crippen molar-refractivity contribution in [1.82, 2.24) is 24.4 Å². The molecule has 3 heterocycles. The van der Waals surface area contributed by atoms with Crippen molar-refractivity contribution < 1.29 is 9.90 Å². The topological polar surface area (TPSA) is 105 Å². The van der Waals surface area contributed by atoms with Crippen molar-refractivity contribution in [2.75, 3.05) is 36.8 Å². The van der Waals surface area contributed by atoms with Gasteiger partial charge >= 0.3 is 5.97 Å². The molecule has 0 atom stereocenters. The number of piperazine rings is 1. The van der Waals surface area contributed by atoms with E-state index in [1.807, 2.05) is 0 Å². The zero-order chi connectivity index (χ0) is 18.7. The summed E-state index contributed by atoms with van der Waals surface area (Å²) in [5.74, 6) is 5.39. The third kappa shape index (κ3) is 3.54. The summed E-state index contributed by atoms with van der Waals surface area (Å²) in [6.07, 6.45) is 0. The Bertz CT molecular complexity index is 949.